The minimum Gasteiger partial charge on any atom is -0.392 e. The lowest BCUT2D eigenvalue weighted by Crippen LogP contribution is -2.28. The van der Waals surface area contributed by atoms with E-state index < -0.39 is 10.0 Å². The van der Waals surface area contributed by atoms with Crippen LogP contribution in [0.1, 0.15) is 30.5 Å². The average molecular weight is 271 g/mol. The summed E-state index contributed by atoms with van der Waals surface area (Å²) in [6.45, 7) is 7.77. The summed E-state index contributed by atoms with van der Waals surface area (Å²) in [5.74, 6) is 0.253. The van der Waals surface area contributed by atoms with Crippen LogP contribution in [0.2, 0.25) is 0 Å². The first-order chi connectivity index (χ1) is 8.27. The zero-order valence-electron chi connectivity index (χ0n) is 11.3. The van der Waals surface area contributed by atoms with Gasteiger partial charge in [0.15, 0.2) is 0 Å². The van der Waals surface area contributed by atoms with Crippen molar-refractivity contribution < 1.29 is 13.5 Å². The number of aliphatic hydroxyl groups is 1. The second-order valence-electron chi connectivity index (χ2n) is 4.95. The third-order valence-electron chi connectivity index (χ3n) is 2.77. The average Bonchev–Trinajstić information content (AvgIpc) is 2.26. The highest BCUT2D eigenvalue weighted by Crippen LogP contribution is 2.20. The van der Waals surface area contributed by atoms with Crippen LogP contribution in [-0.2, 0) is 16.6 Å². The molecule has 18 heavy (non-hydrogen) atoms. The molecule has 4 nitrogen and oxygen atoms in total. The zero-order chi connectivity index (χ0) is 13.9. The maximum Gasteiger partial charge on any atom is 0.240 e. The van der Waals surface area contributed by atoms with Crippen molar-refractivity contribution in [3.63, 3.8) is 0 Å². The predicted octanol–water partition coefficient (Wildman–Crippen LogP) is 1.73. The van der Waals surface area contributed by atoms with E-state index in [2.05, 4.69) is 4.72 Å². The van der Waals surface area contributed by atoms with Gasteiger partial charge < -0.3 is 5.11 Å². The van der Waals surface area contributed by atoms with Crippen LogP contribution in [0.25, 0.3) is 0 Å². The molecule has 0 aromatic heterocycles. The van der Waals surface area contributed by atoms with Gasteiger partial charge in [-0.15, -0.1) is 0 Å². The van der Waals surface area contributed by atoms with Gasteiger partial charge >= 0.3 is 0 Å². The van der Waals surface area contributed by atoms with Gasteiger partial charge in [-0.05, 0) is 42.5 Å². The fourth-order valence-corrected chi connectivity index (χ4v) is 3.18. The van der Waals surface area contributed by atoms with Crippen LogP contribution in [-0.4, -0.2) is 20.1 Å². The topological polar surface area (TPSA) is 66.4 Å². The molecular weight excluding hydrogens is 250 g/mol. The first kappa shape index (κ1) is 15.1. The van der Waals surface area contributed by atoms with Crippen LogP contribution in [0.5, 0.6) is 0 Å². The highest BCUT2D eigenvalue weighted by Gasteiger charge is 2.18. The molecule has 0 aliphatic rings. The number of aryl methyl sites for hydroxylation is 2. The predicted molar refractivity (Wildman–Crippen MR) is 71.9 cm³/mol. The lowest BCUT2D eigenvalue weighted by atomic mass is 10.1. The Hall–Kier alpha value is -0.910. The van der Waals surface area contributed by atoms with E-state index >= 15 is 0 Å². The molecule has 0 bridgehead atoms. The maximum atomic E-state index is 12.1. The van der Waals surface area contributed by atoms with Crippen LogP contribution in [0.3, 0.4) is 0 Å². The van der Waals surface area contributed by atoms with E-state index in [1.165, 1.54) is 0 Å². The first-order valence-electron chi connectivity index (χ1n) is 5.98. The van der Waals surface area contributed by atoms with E-state index in [9.17, 15) is 13.5 Å². The summed E-state index contributed by atoms with van der Waals surface area (Å²) >= 11 is 0. The van der Waals surface area contributed by atoms with E-state index in [-0.39, 0.29) is 17.4 Å². The summed E-state index contributed by atoms with van der Waals surface area (Å²) in [5, 5.41) is 9.20. The van der Waals surface area contributed by atoms with Gasteiger partial charge in [0.2, 0.25) is 10.0 Å². The van der Waals surface area contributed by atoms with Crippen molar-refractivity contribution in [2.45, 2.75) is 39.2 Å². The number of aliphatic hydroxyl groups excluding tert-OH is 1. The largest absolute Gasteiger partial charge is 0.392 e. The third kappa shape index (κ3) is 3.54. The molecule has 1 rings (SSSR count). The van der Waals surface area contributed by atoms with Crippen molar-refractivity contribution in [1.29, 1.82) is 0 Å². The molecule has 0 saturated carbocycles. The smallest absolute Gasteiger partial charge is 0.240 e. The van der Waals surface area contributed by atoms with Crippen molar-refractivity contribution in [2.75, 3.05) is 6.54 Å². The minimum absolute atomic E-state index is 0.154. The van der Waals surface area contributed by atoms with E-state index in [0.717, 1.165) is 5.56 Å². The highest BCUT2D eigenvalue weighted by molar-refractivity contribution is 7.89. The second kappa shape index (κ2) is 5.82. The Morgan fingerprint density at radius 1 is 1.22 bits per heavy atom. The fourth-order valence-electron chi connectivity index (χ4n) is 1.69. The minimum atomic E-state index is -3.50. The van der Waals surface area contributed by atoms with E-state index in [1.807, 2.05) is 20.8 Å². The standard InChI is InChI=1S/C13H21NO3S/c1-9(2)7-14-18(16,17)13-6-12(8-15)10(3)5-11(13)4/h5-6,9,14-15H,7-8H2,1-4H3. The van der Waals surface area contributed by atoms with Crippen LogP contribution in [0.15, 0.2) is 17.0 Å². The zero-order valence-corrected chi connectivity index (χ0v) is 12.1. The van der Waals surface area contributed by atoms with Gasteiger partial charge in [-0.25, -0.2) is 13.1 Å². The quantitative estimate of drug-likeness (QED) is 0.857. The van der Waals surface area contributed by atoms with Crippen molar-refractivity contribution in [1.82, 2.24) is 4.72 Å². The first-order valence-corrected chi connectivity index (χ1v) is 7.47. The lowest BCUT2D eigenvalue weighted by molar-refractivity contribution is 0.280. The number of rotatable bonds is 5. The fraction of sp³-hybridized carbons (Fsp3) is 0.538. The van der Waals surface area contributed by atoms with Gasteiger partial charge in [-0.3, -0.25) is 0 Å². The molecule has 1 aromatic rings. The molecule has 0 aliphatic carbocycles. The van der Waals surface area contributed by atoms with E-state index in [0.29, 0.717) is 17.7 Å². The Morgan fingerprint density at radius 2 is 1.83 bits per heavy atom. The monoisotopic (exact) mass is 271 g/mol. The van der Waals surface area contributed by atoms with Crippen LogP contribution in [0, 0.1) is 19.8 Å². The molecule has 1 aromatic carbocycles. The molecule has 0 aliphatic heterocycles. The number of sulfonamides is 1. The van der Waals surface area contributed by atoms with Crippen LogP contribution < -0.4 is 4.72 Å². The Morgan fingerprint density at radius 3 is 2.33 bits per heavy atom. The molecular formula is C13H21NO3S. The summed E-state index contributed by atoms with van der Waals surface area (Å²) in [4.78, 5) is 0.248. The van der Waals surface area contributed by atoms with Gasteiger partial charge in [-0.1, -0.05) is 19.9 Å². The maximum absolute atomic E-state index is 12.1. The SMILES string of the molecule is Cc1cc(C)c(S(=O)(=O)NCC(C)C)cc1CO. The number of hydrogen-bond acceptors (Lipinski definition) is 3. The molecule has 5 heteroatoms. The van der Waals surface area contributed by atoms with Gasteiger partial charge in [0, 0.05) is 6.54 Å². The van der Waals surface area contributed by atoms with Gasteiger partial charge in [0.05, 0.1) is 11.5 Å². The van der Waals surface area contributed by atoms with E-state index in [4.69, 9.17) is 0 Å². The molecule has 0 atom stereocenters. The summed E-state index contributed by atoms with van der Waals surface area (Å²) < 4.78 is 26.9. The molecule has 0 spiro atoms. The van der Waals surface area contributed by atoms with Gasteiger partial charge in [0.1, 0.15) is 0 Å². The molecule has 0 fully saturated rings. The molecule has 0 saturated heterocycles. The Kier molecular flexibility index (Phi) is 4.90. The van der Waals surface area contributed by atoms with Crippen LogP contribution in [0.4, 0.5) is 0 Å². The summed E-state index contributed by atoms with van der Waals surface area (Å²) in [5.41, 5.74) is 2.24. The Balaban J connectivity index is 3.16. The summed E-state index contributed by atoms with van der Waals surface area (Å²) in [7, 11) is -3.50. The second-order valence-corrected chi connectivity index (χ2v) is 6.68. The third-order valence-corrected chi connectivity index (χ3v) is 4.34. The van der Waals surface area contributed by atoms with Crippen LogP contribution >= 0.6 is 0 Å². The van der Waals surface area contributed by atoms with Crippen molar-refractivity contribution in [3.8, 4) is 0 Å². The van der Waals surface area contributed by atoms with E-state index in [1.54, 1.807) is 19.1 Å². The summed E-state index contributed by atoms with van der Waals surface area (Å²) in [6.07, 6.45) is 0. The van der Waals surface area contributed by atoms with Crippen molar-refractivity contribution in [3.05, 3.63) is 28.8 Å². The van der Waals surface area contributed by atoms with Gasteiger partial charge in [0.25, 0.3) is 0 Å². The van der Waals surface area contributed by atoms with Gasteiger partial charge in [-0.2, -0.15) is 0 Å². The number of hydrogen-bond donors (Lipinski definition) is 2. The molecule has 0 radical (unpaired) electrons. The molecule has 0 unspecified atom stereocenters. The normalized spacial score (nSPS) is 12.1. The lowest BCUT2D eigenvalue weighted by Gasteiger charge is -2.13. The Labute approximate surface area is 109 Å². The number of benzene rings is 1. The summed E-state index contributed by atoms with van der Waals surface area (Å²) in [6, 6.07) is 3.34. The molecule has 2 N–H and O–H groups in total. The molecule has 102 valence electrons. The van der Waals surface area contributed by atoms with Crippen molar-refractivity contribution in [2.24, 2.45) is 5.92 Å². The highest BCUT2D eigenvalue weighted by atomic mass is 32.2. The number of nitrogens with one attached hydrogen (secondary N) is 1. The molecule has 0 amide bonds. The molecule has 0 heterocycles. The Bertz CT molecular complexity index is 521. The van der Waals surface area contributed by atoms with Crippen molar-refractivity contribution >= 4 is 10.0 Å².